The lowest BCUT2D eigenvalue weighted by Crippen LogP contribution is -2.36. The quantitative estimate of drug-likeness (QED) is 0.424. The number of hydrogen-bond acceptors (Lipinski definition) is 4. The number of ether oxygens (including phenoxy) is 2. The van der Waals surface area contributed by atoms with Gasteiger partial charge < -0.3 is 14.4 Å². The Morgan fingerprint density at radius 1 is 1.03 bits per heavy atom. The second-order valence-electron chi connectivity index (χ2n) is 7.34. The highest BCUT2D eigenvalue weighted by atomic mass is 79.9. The summed E-state index contributed by atoms with van der Waals surface area (Å²) in [5.41, 5.74) is 5.56. The molecule has 1 aliphatic rings. The number of nitrogens with zero attached hydrogens (tertiary/aromatic N) is 2. The molecule has 4 rings (SSSR count). The van der Waals surface area contributed by atoms with Crippen LogP contribution >= 0.6 is 15.9 Å². The van der Waals surface area contributed by atoms with E-state index in [2.05, 4.69) is 81.3 Å². The lowest BCUT2D eigenvalue weighted by Gasteiger charge is -2.28. The van der Waals surface area contributed by atoms with Gasteiger partial charge >= 0.3 is 0 Å². The Balaban J connectivity index is 1.37. The van der Waals surface area contributed by atoms with Gasteiger partial charge in [-0.2, -0.15) is 0 Å². The Morgan fingerprint density at radius 2 is 1.83 bits per heavy atom. The molecule has 1 fully saturated rings. The highest BCUT2D eigenvalue weighted by molar-refractivity contribution is 9.10. The summed E-state index contributed by atoms with van der Waals surface area (Å²) in [7, 11) is 0. The first-order valence-corrected chi connectivity index (χ1v) is 10.9. The van der Waals surface area contributed by atoms with Crippen molar-refractivity contribution in [3.63, 3.8) is 0 Å². The SMILES string of the molecule is Cc1cccc(COc2ccc(C=Nc3ccc(N4CCOCC4)cc3)cc2Br)c1. The van der Waals surface area contributed by atoms with Crippen LogP contribution in [-0.4, -0.2) is 32.5 Å². The zero-order valence-electron chi connectivity index (χ0n) is 17.1. The summed E-state index contributed by atoms with van der Waals surface area (Å²) >= 11 is 3.61. The zero-order valence-corrected chi connectivity index (χ0v) is 18.6. The molecule has 3 aromatic carbocycles. The Kier molecular flexibility index (Phi) is 6.82. The molecule has 0 atom stereocenters. The topological polar surface area (TPSA) is 34.1 Å². The van der Waals surface area contributed by atoms with Crippen molar-refractivity contribution in [2.75, 3.05) is 31.2 Å². The fourth-order valence-corrected chi connectivity index (χ4v) is 3.91. The van der Waals surface area contributed by atoms with Crippen LogP contribution in [0.1, 0.15) is 16.7 Å². The normalized spacial score (nSPS) is 14.3. The van der Waals surface area contributed by atoms with Crippen molar-refractivity contribution in [1.29, 1.82) is 0 Å². The van der Waals surface area contributed by atoms with Crippen LogP contribution in [0.4, 0.5) is 11.4 Å². The van der Waals surface area contributed by atoms with E-state index in [4.69, 9.17) is 9.47 Å². The molecule has 5 heteroatoms. The Morgan fingerprint density at radius 3 is 2.57 bits per heavy atom. The van der Waals surface area contributed by atoms with Gasteiger partial charge in [-0.05, 0) is 76.4 Å². The highest BCUT2D eigenvalue weighted by Gasteiger charge is 2.10. The van der Waals surface area contributed by atoms with Crippen molar-refractivity contribution in [3.8, 4) is 5.75 Å². The minimum Gasteiger partial charge on any atom is -0.488 e. The smallest absolute Gasteiger partial charge is 0.134 e. The number of aliphatic imine (C=N–C) groups is 1. The fourth-order valence-electron chi connectivity index (χ4n) is 3.40. The molecule has 0 aromatic heterocycles. The predicted octanol–water partition coefficient (Wildman–Crippen LogP) is 5.92. The van der Waals surface area contributed by atoms with E-state index in [1.54, 1.807) is 0 Å². The minimum atomic E-state index is 0.545. The molecule has 0 amide bonds. The average Bonchev–Trinajstić information content (AvgIpc) is 2.78. The van der Waals surface area contributed by atoms with Crippen LogP contribution in [0.3, 0.4) is 0 Å². The van der Waals surface area contributed by atoms with Crippen molar-refractivity contribution in [1.82, 2.24) is 0 Å². The molecule has 3 aromatic rings. The van der Waals surface area contributed by atoms with Crippen LogP contribution in [0.5, 0.6) is 5.75 Å². The maximum absolute atomic E-state index is 5.96. The van der Waals surface area contributed by atoms with Gasteiger partial charge in [-0.25, -0.2) is 0 Å². The summed E-state index contributed by atoms with van der Waals surface area (Å²) in [6.45, 7) is 6.09. The van der Waals surface area contributed by atoms with E-state index in [1.807, 2.05) is 24.4 Å². The standard InChI is InChI=1S/C25H25BrN2O2/c1-19-3-2-4-21(15-19)18-30-25-10-5-20(16-24(25)26)17-27-22-6-8-23(9-7-22)28-11-13-29-14-12-28/h2-10,15-17H,11-14,18H2,1H3. The monoisotopic (exact) mass is 464 g/mol. The van der Waals surface area contributed by atoms with Gasteiger partial charge in [0.05, 0.1) is 23.4 Å². The largest absolute Gasteiger partial charge is 0.488 e. The second-order valence-corrected chi connectivity index (χ2v) is 8.20. The zero-order chi connectivity index (χ0) is 20.8. The molecule has 1 heterocycles. The van der Waals surface area contributed by atoms with E-state index >= 15 is 0 Å². The van der Waals surface area contributed by atoms with E-state index in [-0.39, 0.29) is 0 Å². The van der Waals surface area contributed by atoms with E-state index < -0.39 is 0 Å². The van der Waals surface area contributed by atoms with Crippen molar-refractivity contribution in [2.45, 2.75) is 13.5 Å². The molecular weight excluding hydrogens is 440 g/mol. The highest BCUT2D eigenvalue weighted by Crippen LogP contribution is 2.27. The van der Waals surface area contributed by atoms with E-state index in [9.17, 15) is 0 Å². The first-order valence-electron chi connectivity index (χ1n) is 10.1. The molecule has 4 nitrogen and oxygen atoms in total. The molecular formula is C25H25BrN2O2. The van der Waals surface area contributed by atoms with Gasteiger partial charge in [0.2, 0.25) is 0 Å². The molecule has 0 radical (unpaired) electrons. The molecule has 0 aliphatic carbocycles. The van der Waals surface area contributed by atoms with Crippen LogP contribution in [0, 0.1) is 6.92 Å². The maximum Gasteiger partial charge on any atom is 0.134 e. The molecule has 30 heavy (non-hydrogen) atoms. The molecule has 154 valence electrons. The Labute approximate surface area is 186 Å². The maximum atomic E-state index is 5.96. The van der Waals surface area contributed by atoms with E-state index in [1.165, 1.54) is 11.3 Å². The number of anilines is 1. The van der Waals surface area contributed by atoms with Crippen LogP contribution in [0.25, 0.3) is 0 Å². The Bertz CT molecular complexity index is 1010. The molecule has 1 aliphatic heterocycles. The van der Waals surface area contributed by atoms with Crippen LogP contribution in [0.15, 0.2) is 76.2 Å². The summed E-state index contributed by atoms with van der Waals surface area (Å²) in [6.07, 6.45) is 1.87. The number of benzene rings is 3. The average molecular weight is 465 g/mol. The van der Waals surface area contributed by atoms with Gasteiger partial charge in [-0.3, -0.25) is 4.99 Å². The van der Waals surface area contributed by atoms with E-state index in [0.717, 1.165) is 53.3 Å². The van der Waals surface area contributed by atoms with Crippen molar-refractivity contribution in [3.05, 3.63) is 87.9 Å². The molecule has 0 saturated carbocycles. The number of aryl methyl sites for hydroxylation is 1. The molecule has 0 N–H and O–H groups in total. The lowest BCUT2D eigenvalue weighted by atomic mass is 10.1. The molecule has 0 unspecified atom stereocenters. The predicted molar refractivity (Wildman–Crippen MR) is 126 cm³/mol. The number of hydrogen-bond donors (Lipinski definition) is 0. The van der Waals surface area contributed by atoms with Gasteiger partial charge in [0.1, 0.15) is 12.4 Å². The third-order valence-electron chi connectivity index (χ3n) is 5.02. The fraction of sp³-hybridized carbons (Fsp3) is 0.240. The van der Waals surface area contributed by atoms with Crippen LogP contribution in [0.2, 0.25) is 0 Å². The van der Waals surface area contributed by atoms with Crippen molar-refractivity contribution in [2.24, 2.45) is 4.99 Å². The van der Waals surface area contributed by atoms with Gasteiger partial charge in [-0.15, -0.1) is 0 Å². The number of rotatable bonds is 6. The third kappa shape index (κ3) is 5.49. The summed E-state index contributed by atoms with van der Waals surface area (Å²) in [4.78, 5) is 6.94. The van der Waals surface area contributed by atoms with Gasteiger partial charge in [0.25, 0.3) is 0 Å². The van der Waals surface area contributed by atoms with Crippen molar-refractivity contribution < 1.29 is 9.47 Å². The first-order chi connectivity index (χ1) is 14.7. The van der Waals surface area contributed by atoms with E-state index in [0.29, 0.717) is 6.61 Å². The molecule has 0 spiro atoms. The van der Waals surface area contributed by atoms with Gasteiger partial charge in [0.15, 0.2) is 0 Å². The summed E-state index contributed by atoms with van der Waals surface area (Å²) in [5, 5.41) is 0. The van der Waals surface area contributed by atoms with Gasteiger partial charge in [-0.1, -0.05) is 29.8 Å². The number of halogens is 1. The summed E-state index contributed by atoms with van der Waals surface area (Å²) < 4.78 is 12.3. The van der Waals surface area contributed by atoms with Crippen molar-refractivity contribution >= 4 is 33.5 Å². The molecule has 0 bridgehead atoms. The minimum absolute atomic E-state index is 0.545. The Hall–Kier alpha value is -2.63. The molecule has 1 saturated heterocycles. The van der Waals surface area contributed by atoms with Crippen LogP contribution < -0.4 is 9.64 Å². The number of morpholine rings is 1. The second kappa shape index (κ2) is 9.92. The first kappa shape index (κ1) is 20.6. The summed E-state index contributed by atoms with van der Waals surface area (Å²) in [6, 6.07) is 22.7. The van der Waals surface area contributed by atoms with Crippen LogP contribution in [-0.2, 0) is 11.3 Å². The van der Waals surface area contributed by atoms with Gasteiger partial charge in [0, 0.05) is 25.0 Å². The summed E-state index contributed by atoms with van der Waals surface area (Å²) in [5.74, 6) is 0.823. The third-order valence-corrected chi connectivity index (χ3v) is 5.64. The lowest BCUT2D eigenvalue weighted by molar-refractivity contribution is 0.122.